The molecule has 0 saturated heterocycles. The zero-order valence-corrected chi connectivity index (χ0v) is 12.8. The van der Waals surface area contributed by atoms with E-state index in [4.69, 9.17) is 0 Å². The summed E-state index contributed by atoms with van der Waals surface area (Å²) in [7, 11) is 2.28. The van der Waals surface area contributed by atoms with Gasteiger partial charge in [-0.1, -0.05) is 56.0 Å². The Morgan fingerprint density at radius 3 is 2.10 bits per heavy atom. The summed E-state index contributed by atoms with van der Waals surface area (Å²) in [5, 5.41) is 0. The Labute approximate surface area is 127 Å². The fraction of sp³-hybridized carbons (Fsp3) is 0.400. The van der Waals surface area contributed by atoms with Gasteiger partial charge in [-0.2, -0.15) is 0 Å². The van der Waals surface area contributed by atoms with Gasteiger partial charge in [0.15, 0.2) is 0 Å². The van der Waals surface area contributed by atoms with E-state index in [9.17, 15) is 0 Å². The van der Waals surface area contributed by atoms with E-state index < -0.39 is 0 Å². The minimum Gasteiger partial charge on any atom is -0.372 e. The highest BCUT2D eigenvalue weighted by Gasteiger charge is 2.24. The fourth-order valence-corrected chi connectivity index (χ4v) is 3.96. The first-order valence-corrected chi connectivity index (χ1v) is 8.31. The van der Waals surface area contributed by atoms with Gasteiger partial charge in [-0.25, -0.2) is 0 Å². The highest BCUT2D eigenvalue weighted by atomic mass is 15.1. The van der Waals surface area contributed by atoms with Gasteiger partial charge in [0.1, 0.15) is 0 Å². The molecule has 0 radical (unpaired) electrons. The van der Waals surface area contributed by atoms with Crippen LogP contribution >= 0.6 is 0 Å². The third-order valence-electron chi connectivity index (χ3n) is 5.29. The molecule has 1 nitrogen and oxygen atoms in total. The molecular formula is C20H23N. The van der Waals surface area contributed by atoms with Crippen molar-refractivity contribution in [2.24, 2.45) is 0 Å². The second kappa shape index (κ2) is 5.22. The van der Waals surface area contributed by atoms with Gasteiger partial charge >= 0.3 is 0 Å². The summed E-state index contributed by atoms with van der Waals surface area (Å²) in [5.41, 5.74) is 7.07. The molecule has 0 atom stereocenters. The van der Waals surface area contributed by atoms with Gasteiger partial charge in [-0.15, -0.1) is 0 Å². The lowest BCUT2D eigenvalue weighted by molar-refractivity contribution is 0.553. The molecule has 0 amide bonds. The molecule has 1 fully saturated rings. The van der Waals surface area contributed by atoms with E-state index in [1.54, 1.807) is 0 Å². The fourth-order valence-electron chi connectivity index (χ4n) is 3.96. The van der Waals surface area contributed by atoms with Crippen LogP contribution in [0.15, 0.2) is 42.5 Å². The van der Waals surface area contributed by atoms with Crippen LogP contribution in [0.2, 0.25) is 0 Å². The third kappa shape index (κ3) is 2.16. The van der Waals surface area contributed by atoms with Crippen LogP contribution in [0, 0.1) is 0 Å². The van der Waals surface area contributed by atoms with Crippen LogP contribution in [0.1, 0.15) is 38.5 Å². The van der Waals surface area contributed by atoms with Crippen molar-refractivity contribution >= 4 is 5.69 Å². The van der Waals surface area contributed by atoms with Crippen molar-refractivity contribution in [2.45, 2.75) is 44.6 Å². The molecule has 0 aromatic heterocycles. The van der Waals surface area contributed by atoms with E-state index in [2.05, 4.69) is 54.4 Å². The zero-order valence-electron chi connectivity index (χ0n) is 12.8. The minimum absolute atomic E-state index is 0.723. The first kappa shape index (κ1) is 12.9. The lowest BCUT2D eigenvalue weighted by Gasteiger charge is -2.32. The second-order valence-electron chi connectivity index (χ2n) is 6.53. The van der Waals surface area contributed by atoms with Crippen molar-refractivity contribution in [3.63, 3.8) is 0 Å². The molecule has 0 bridgehead atoms. The molecule has 108 valence electrons. The van der Waals surface area contributed by atoms with Crippen LogP contribution in [-0.4, -0.2) is 13.1 Å². The van der Waals surface area contributed by atoms with E-state index in [-0.39, 0.29) is 0 Å². The monoisotopic (exact) mass is 277 g/mol. The third-order valence-corrected chi connectivity index (χ3v) is 5.29. The first-order valence-electron chi connectivity index (χ1n) is 8.31. The SMILES string of the molecule is CN(c1ccc2c(c1)-c1ccccc1-2)C1CCCCCC1. The van der Waals surface area contributed by atoms with E-state index in [0.717, 1.165) is 6.04 Å². The maximum absolute atomic E-state index is 2.52. The lowest BCUT2D eigenvalue weighted by atomic mass is 9.80. The lowest BCUT2D eigenvalue weighted by Crippen LogP contribution is -2.31. The molecule has 0 spiro atoms. The largest absolute Gasteiger partial charge is 0.372 e. The van der Waals surface area contributed by atoms with Crippen LogP contribution < -0.4 is 4.90 Å². The van der Waals surface area contributed by atoms with Gasteiger partial charge in [0, 0.05) is 18.8 Å². The second-order valence-corrected chi connectivity index (χ2v) is 6.53. The highest BCUT2D eigenvalue weighted by molar-refractivity contribution is 6.03. The average Bonchev–Trinajstić information content (AvgIpc) is 2.80. The summed E-state index contributed by atoms with van der Waals surface area (Å²) in [6.07, 6.45) is 8.32. The van der Waals surface area contributed by atoms with Gasteiger partial charge in [0.05, 0.1) is 0 Å². The molecule has 2 aliphatic rings. The number of nitrogens with zero attached hydrogens (tertiary/aromatic N) is 1. The Hall–Kier alpha value is -1.76. The van der Waals surface area contributed by atoms with Gasteiger partial charge < -0.3 is 4.90 Å². The standard InChI is InChI=1S/C20H23N/c1-21(15-8-4-2-3-5-9-15)16-12-13-19-17-10-6-7-11-18(17)20(19)14-16/h6-7,10-15H,2-5,8-9H2,1H3. The molecule has 0 heterocycles. The van der Waals surface area contributed by atoms with Gasteiger partial charge in [-0.05, 0) is 47.2 Å². The zero-order chi connectivity index (χ0) is 14.2. The Morgan fingerprint density at radius 1 is 0.762 bits per heavy atom. The van der Waals surface area contributed by atoms with Crippen molar-refractivity contribution in [1.82, 2.24) is 0 Å². The van der Waals surface area contributed by atoms with Gasteiger partial charge in [0.2, 0.25) is 0 Å². The summed E-state index contributed by atoms with van der Waals surface area (Å²) in [5.74, 6) is 0. The smallest absolute Gasteiger partial charge is 0.0372 e. The van der Waals surface area contributed by atoms with Crippen molar-refractivity contribution in [3.05, 3.63) is 42.5 Å². The normalized spacial score (nSPS) is 17.4. The summed E-state index contributed by atoms with van der Waals surface area (Å²) >= 11 is 0. The number of fused-ring (bicyclic) bond motifs is 4. The van der Waals surface area contributed by atoms with Crippen molar-refractivity contribution < 1.29 is 0 Å². The highest BCUT2D eigenvalue weighted by Crippen LogP contribution is 2.48. The van der Waals surface area contributed by atoms with E-state index >= 15 is 0 Å². The summed E-state index contributed by atoms with van der Waals surface area (Å²) in [4.78, 5) is 2.52. The van der Waals surface area contributed by atoms with Gasteiger partial charge in [-0.3, -0.25) is 0 Å². The first-order chi connectivity index (χ1) is 10.3. The molecule has 21 heavy (non-hydrogen) atoms. The number of hydrogen-bond donors (Lipinski definition) is 0. The topological polar surface area (TPSA) is 3.24 Å². The van der Waals surface area contributed by atoms with Crippen LogP contribution in [0.3, 0.4) is 0 Å². The molecular weight excluding hydrogens is 254 g/mol. The molecule has 0 aliphatic heterocycles. The Kier molecular flexibility index (Phi) is 3.21. The molecule has 2 aromatic carbocycles. The van der Waals surface area contributed by atoms with Crippen LogP contribution in [0.25, 0.3) is 22.3 Å². The molecule has 1 saturated carbocycles. The number of benzene rings is 2. The Morgan fingerprint density at radius 2 is 1.38 bits per heavy atom. The predicted molar refractivity (Wildman–Crippen MR) is 90.8 cm³/mol. The van der Waals surface area contributed by atoms with Crippen molar-refractivity contribution in [2.75, 3.05) is 11.9 Å². The molecule has 0 N–H and O–H groups in total. The predicted octanol–water partition coefficient (Wildman–Crippen LogP) is 5.49. The minimum atomic E-state index is 0.723. The van der Waals surface area contributed by atoms with Crippen LogP contribution in [0.4, 0.5) is 5.69 Å². The van der Waals surface area contributed by atoms with E-state index in [1.807, 2.05) is 0 Å². The van der Waals surface area contributed by atoms with Gasteiger partial charge in [0.25, 0.3) is 0 Å². The number of hydrogen-bond acceptors (Lipinski definition) is 1. The molecule has 0 unspecified atom stereocenters. The molecule has 1 heteroatoms. The Bertz CT molecular complexity index is 651. The van der Waals surface area contributed by atoms with E-state index in [1.165, 1.54) is 66.5 Å². The molecule has 2 aliphatic carbocycles. The maximum Gasteiger partial charge on any atom is 0.0372 e. The summed E-state index contributed by atoms with van der Waals surface area (Å²) in [6.45, 7) is 0. The summed E-state index contributed by atoms with van der Waals surface area (Å²) < 4.78 is 0. The van der Waals surface area contributed by atoms with Crippen molar-refractivity contribution in [3.8, 4) is 22.3 Å². The van der Waals surface area contributed by atoms with Crippen LogP contribution in [-0.2, 0) is 0 Å². The number of rotatable bonds is 2. The molecule has 4 rings (SSSR count). The summed E-state index contributed by atoms with van der Waals surface area (Å²) in [6, 6.07) is 16.5. The molecule has 2 aromatic rings. The maximum atomic E-state index is 2.52. The van der Waals surface area contributed by atoms with Crippen LogP contribution in [0.5, 0.6) is 0 Å². The van der Waals surface area contributed by atoms with E-state index in [0.29, 0.717) is 0 Å². The number of anilines is 1. The average molecular weight is 277 g/mol. The quantitative estimate of drug-likeness (QED) is 0.560. The van der Waals surface area contributed by atoms with Crippen molar-refractivity contribution in [1.29, 1.82) is 0 Å². The Balaban J connectivity index is 1.61.